The van der Waals surface area contributed by atoms with Crippen molar-refractivity contribution in [1.29, 1.82) is 0 Å². The Morgan fingerprint density at radius 3 is 2.71 bits per heavy atom. The summed E-state index contributed by atoms with van der Waals surface area (Å²) in [5.41, 5.74) is 5.03. The van der Waals surface area contributed by atoms with Crippen molar-refractivity contribution in [3.8, 4) is 5.88 Å². The first-order valence-corrected chi connectivity index (χ1v) is 11.9. The van der Waals surface area contributed by atoms with Gasteiger partial charge in [0.25, 0.3) is 0 Å². The van der Waals surface area contributed by atoms with Crippen LogP contribution in [0, 0.1) is 0 Å². The summed E-state index contributed by atoms with van der Waals surface area (Å²) in [4.78, 5) is 11.5. The number of hydrogen-bond donors (Lipinski definition) is 2. The first-order valence-electron chi connectivity index (χ1n) is 11.9. The van der Waals surface area contributed by atoms with E-state index in [-0.39, 0.29) is 0 Å². The Bertz CT molecular complexity index is 1300. The van der Waals surface area contributed by atoms with Crippen LogP contribution in [0.5, 0.6) is 5.88 Å². The molecule has 0 aliphatic carbocycles. The van der Waals surface area contributed by atoms with Crippen LogP contribution in [0.1, 0.15) is 42.9 Å². The third-order valence-corrected chi connectivity index (χ3v) is 7.34. The zero-order valence-corrected chi connectivity index (χ0v) is 19.1. The van der Waals surface area contributed by atoms with E-state index in [1.807, 2.05) is 24.3 Å². The minimum Gasteiger partial charge on any atom is -0.481 e. The Morgan fingerprint density at radius 1 is 1.09 bits per heavy atom. The maximum atomic E-state index is 11.2. The van der Waals surface area contributed by atoms with Crippen LogP contribution in [0.3, 0.4) is 0 Å². The van der Waals surface area contributed by atoms with E-state index >= 15 is 0 Å². The molecule has 5 heterocycles. The van der Waals surface area contributed by atoms with E-state index < -0.39 is 6.10 Å². The SMILES string of the molecule is COc1ccc2nccc(C(O)CN3C4CCC3CC(NCc3ccc5nonc5c3)C4)c2n1. The highest BCUT2D eigenvalue weighted by atomic mass is 16.6. The van der Waals surface area contributed by atoms with Crippen LogP contribution in [0.4, 0.5) is 0 Å². The topological polar surface area (TPSA) is 109 Å². The molecule has 176 valence electrons. The Morgan fingerprint density at radius 2 is 1.88 bits per heavy atom. The summed E-state index contributed by atoms with van der Waals surface area (Å²) < 4.78 is 10.1. The Kier molecular flexibility index (Phi) is 5.60. The molecule has 3 aromatic heterocycles. The number of methoxy groups -OCH3 is 1. The number of piperidine rings is 1. The summed E-state index contributed by atoms with van der Waals surface area (Å²) in [6, 6.07) is 13.0. The lowest BCUT2D eigenvalue weighted by Gasteiger charge is -2.40. The van der Waals surface area contributed by atoms with Crippen LogP contribution in [0.15, 0.2) is 47.2 Å². The van der Waals surface area contributed by atoms with E-state index in [1.54, 1.807) is 19.4 Å². The van der Waals surface area contributed by atoms with Crippen LogP contribution in [-0.2, 0) is 6.54 Å². The third-order valence-electron chi connectivity index (χ3n) is 7.34. The number of benzene rings is 1. The summed E-state index contributed by atoms with van der Waals surface area (Å²) in [5.74, 6) is 0.528. The van der Waals surface area contributed by atoms with Crippen molar-refractivity contribution in [2.24, 2.45) is 0 Å². The molecule has 2 aliphatic rings. The summed E-state index contributed by atoms with van der Waals surface area (Å²) in [6.07, 6.45) is 5.64. The molecule has 3 atom stereocenters. The second-order valence-corrected chi connectivity index (χ2v) is 9.36. The van der Waals surface area contributed by atoms with Crippen LogP contribution < -0.4 is 10.1 Å². The van der Waals surface area contributed by atoms with Gasteiger partial charge in [-0.2, -0.15) is 0 Å². The largest absolute Gasteiger partial charge is 0.481 e. The molecule has 4 aromatic rings. The van der Waals surface area contributed by atoms with Gasteiger partial charge >= 0.3 is 0 Å². The van der Waals surface area contributed by atoms with Gasteiger partial charge in [0, 0.05) is 49.0 Å². The van der Waals surface area contributed by atoms with Crippen LogP contribution >= 0.6 is 0 Å². The normalized spacial score (nSPS) is 23.5. The highest BCUT2D eigenvalue weighted by Crippen LogP contribution is 2.37. The lowest BCUT2D eigenvalue weighted by atomic mass is 9.95. The number of fused-ring (bicyclic) bond motifs is 4. The van der Waals surface area contributed by atoms with Gasteiger partial charge in [-0.1, -0.05) is 6.07 Å². The number of aliphatic hydroxyl groups is 1. The predicted octanol–water partition coefficient (Wildman–Crippen LogP) is 2.99. The van der Waals surface area contributed by atoms with Gasteiger partial charge in [0.05, 0.1) is 24.2 Å². The van der Waals surface area contributed by atoms with Crippen molar-refractivity contribution in [3.05, 3.63) is 53.7 Å². The van der Waals surface area contributed by atoms with E-state index in [2.05, 4.69) is 36.6 Å². The minimum absolute atomic E-state index is 0.463. The summed E-state index contributed by atoms with van der Waals surface area (Å²) in [6.45, 7) is 1.40. The van der Waals surface area contributed by atoms with Crippen molar-refractivity contribution in [1.82, 2.24) is 30.5 Å². The van der Waals surface area contributed by atoms with Crippen molar-refractivity contribution in [2.75, 3.05) is 13.7 Å². The zero-order valence-electron chi connectivity index (χ0n) is 19.1. The lowest BCUT2D eigenvalue weighted by Crippen LogP contribution is -2.50. The van der Waals surface area contributed by atoms with Crippen molar-refractivity contribution in [2.45, 2.75) is 56.5 Å². The molecule has 6 rings (SSSR count). The van der Waals surface area contributed by atoms with Gasteiger partial charge in [-0.3, -0.25) is 9.88 Å². The number of rotatable bonds is 7. The highest BCUT2D eigenvalue weighted by Gasteiger charge is 2.41. The number of aliphatic hydroxyl groups excluding tert-OH is 1. The van der Waals surface area contributed by atoms with Gasteiger partial charge in [0.15, 0.2) is 0 Å². The predicted molar refractivity (Wildman–Crippen MR) is 126 cm³/mol. The fourth-order valence-corrected chi connectivity index (χ4v) is 5.65. The molecule has 2 saturated heterocycles. The van der Waals surface area contributed by atoms with Crippen molar-refractivity contribution >= 4 is 22.1 Å². The van der Waals surface area contributed by atoms with Gasteiger partial charge in [0.1, 0.15) is 11.0 Å². The van der Waals surface area contributed by atoms with Gasteiger partial charge in [-0.25, -0.2) is 9.61 Å². The molecular formula is C25H28N6O3. The fraction of sp³-hybridized carbons (Fsp3) is 0.440. The molecule has 34 heavy (non-hydrogen) atoms. The summed E-state index contributed by atoms with van der Waals surface area (Å²) >= 11 is 0. The monoisotopic (exact) mass is 460 g/mol. The standard InChI is InChI=1S/C25H28N6O3/c1-33-24-7-6-21-25(28-24)19(8-9-26-21)23(32)14-31-17-3-4-18(31)12-16(11-17)27-13-15-2-5-20-22(10-15)30-34-29-20/h2,5-10,16-18,23,27,32H,3-4,11-14H2,1H3. The van der Waals surface area contributed by atoms with Crippen LogP contribution in [-0.4, -0.2) is 62.1 Å². The van der Waals surface area contributed by atoms with Crippen LogP contribution in [0.2, 0.25) is 0 Å². The second-order valence-electron chi connectivity index (χ2n) is 9.36. The molecule has 9 nitrogen and oxygen atoms in total. The number of nitrogens with zero attached hydrogens (tertiary/aromatic N) is 5. The zero-order chi connectivity index (χ0) is 23.1. The molecule has 2 aliphatic heterocycles. The minimum atomic E-state index is -0.625. The Hall–Kier alpha value is -3.14. The van der Waals surface area contributed by atoms with Gasteiger partial charge in [0.2, 0.25) is 5.88 Å². The average molecular weight is 461 g/mol. The van der Waals surface area contributed by atoms with E-state index in [1.165, 1.54) is 18.4 Å². The molecule has 0 spiro atoms. The second kappa shape index (κ2) is 8.90. The van der Waals surface area contributed by atoms with Crippen molar-refractivity contribution < 1.29 is 14.5 Å². The van der Waals surface area contributed by atoms with Gasteiger partial charge < -0.3 is 15.2 Å². The number of aromatic nitrogens is 4. The van der Waals surface area contributed by atoms with E-state index in [9.17, 15) is 5.11 Å². The Balaban J connectivity index is 1.11. The van der Waals surface area contributed by atoms with E-state index in [0.29, 0.717) is 36.1 Å². The van der Waals surface area contributed by atoms with E-state index in [0.717, 1.165) is 41.5 Å². The third kappa shape index (κ3) is 4.00. The number of pyridine rings is 2. The molecule has 3 unspecified atom stereocenters. The smallest absolute Gasteiger partial charge is 0.213 e. The Labute approximate surface area is 197 Å². The molecule has 9 heteroatoms. The first-order chi connectivity index (χ1) is 16.7. The lowest BCUT2D eigenvalue weighted by molar-refractivity contribution is 0.0521. The van der Waals surface area contributed by atoms with E-state index in [4.69, 9.17) is 9.37 Å². The molecule has 2 fully saturated rings. The van der Waals surface area contributed by atoms with Crippen LogP contribution in [0.25, 0.3) is 22.1 Å². The first kappa shape index (κ1) is 21.4. The number of hydrogen-bond acceptors (Lipinski definition) is 9. The molecule has 0 saturated carbocycles. The molecule has 2 N–H and O–H groups in total. The number of nitrogens with one attached hydrogen (secondary N) is 1. The molecular weight excluding hydrogens is 432 g/mol. The fourth-order valence-electron chi connectivity index (χ4n) is 5.65. The maximum absolute atomic E-state index is 11.2. The highest BCUT2D eigenvalue weighted by molar-refractivity contribution is 5.78. The van der Waals surface area contributed by atoms with Crippen molar-refractivity contribution in [3.63, 3.8) is 0 Å². The quantitative estimate of drug-likeness (QED) is 0.430. The summed E-state index contributed by atoms with van der Waals surface area (Å²) in [5, 5.41) is 22.7. The molecule has 0 radical (unpaired) electrons. The molecule has 2 bridgehead atoms. The molecule has 1 aromatic carbocycles. The number of ether oxygens (including phenoxy) is 1. The maximum Gasteiger partial charge on any atom is 0.213 e. The average Bonchev–Trinajstić information content (AvgIpc) is 3.42. The molecule has 0 amide bonds. The van der Waals surface area contributed by atoms with Gasteiger partial charge in [-0.05, 0) is 65.8 Å². The van der Waals surface area contributed by atoms with Gasteiger partial charge in [-0.15, -0.1) is 0 Å². The summed E-state index contributed by atoms with van der Waals surface area (Å²) in [7, 11) is 1.60.